The van der Waals surface area contributed by atoms with E-state index in [0.717, 1.165) is 0 Å². The fourth-order valence-electron chi connectivity index (χ4n) is 1.60. The number of amides is 2. The lowest BCUT2D eigenvalue weighted by molar-refractivity contribution is -0.153. The van der Waals surface area contributed by atoms with Gasteiger partial charge in [0.2, 0.25) is 11.8 Å². The van der Waals surface area contributed by atoms with Crippen LogP contribution in [0.3, 0.4) is 0 Å². The Kier molecular flexibility index (Phi) is 5.99. The van der Waals surface area contributed by atoms with E-state index in [0.29, 0.717) is 0 Å². The highest BCUT2D eigenvalue weighted by Gasteiger charge is 2.39. The van der Waals surface area contributed by atoms with Gasteiger partial charge in [-0.25, -0.2) is 0 Å². The standard InChI is InChI=1S/C13H24N2O4/c1-8(2)13(4,12(18)19)7-10(16)14-9(3)11(17)15(5)6/h8-9H,7H2,1-6H3,(H,14,16)(H,18,19). The van der Waals surface area contributed by atoms with Crippen molar-refractivity contribution in [2.45, 2.75) is 40.2 Å². The Morgan fingerprint density at radius 1 is 1.21 bits per heavy atom. The Morgan fingerprint density at radius 3 is 2.00 bits per heavy atom. The Balaban J connectivity index is 4.70. The zero-order valence-corrected chi connectivity index (χ0v) is 12.5. The van der Waals surface area contributed by atoms with E-state index in [4.69, 9.17) is 0 Å². The first kappa shape index (κ1) is 17.4. The summed E-state index contributed by atoms with van der Waals surface area (Å²) in [4.78, 5) is 36.1. The van der Waals surface area contributed by atoms with Crippen molar-refractivity contribution >= 4 is 17.8 Å². The van der Waals surface area contributed by atoms with Crippen molar-refractivity contribution < 1.29 is 19.5 Å². The van der Waals surface area contributed by atoms with Gasteiger partial charge in [0.15, 0.2) is 0 Å². The molecule has 0 aliphatic heterocycles. The second-order valence-corrected chi connectivity index (χ2v) is 5.58. The second kappa shape index (κ2) is 6.54. The second-order valence-electron chi connectivity index (χ2n) is 5.58. The normalized spacial score (nSPS) is 15.5. The molecule has 2 amide bonds. The van der Waals surface area contributed by atoms with Crippen molar-refractivity contribution in [3.05, 3.63) is 0 Å². The number of carbonyl (C=O) groups is 3. The number of hydrogen-bond donors (Lipinski definition) is 2. The number of nitrogens with zero attached hydrogens (tertiary/aromatic N) is 1. The lowest BCUT2D eigenvalue weighted by atomic mass is 9.76. The van der Waals surface area contributed by atoms with E-state index in [1.165, 1.54) is 11.8 Å². The lowest BCUT2D eigenvalue weighted by Crippen LogP contribution is -2.47. The van der Waals surface area contributed by atoms with Crippen molar-refractivity contribution in [2.24, 2.45) is 11.3 Å². The van der Waals surface area contributed by atoms with Crippen LogP contribution >= 0.6 is 0 Å². The minimum Gasteiger partial charge on any atom is -0.481 e. The summed E-state index contributed by atoms with van der Waals surface area (Å²) in [6.07, 6.45) is -0.148. The third-order valence-corrected chi connectivity index (χ3v) is 3.48. The third kappa shape index (κ3) is 4.54. The first-order chi connectivity index (χ1) is 8.52. The van der Waals surface area contributed by atoms with E-state index >= 15 is 0 Å². The minimum absolute atomic E-state index is 0.148. The van der Waals surface area contributed by atoms with Crippen LogP contribution in [0.4, 0.5) is 0 Å². The molecule has 0 aliphatic rings. The van der Waals surface area contributed by atoms with Gasteiger partial charge in [-0.1, -0.05) is 13.8 Å². The molecule has 19 heavy (non-hydrogen) atoms. The molecule has 6 nitrogen and oxygen atoms in total. The van der Waals surface area contributed by atoms with E-state index in [1.54, 1.807) is 34.9 Å². The quantitative estimate of drug-likeness (QED) is 0.745. The molecule has 0 bridgehead atoms. The maximum atomic E-state index is 11.9. The SMILES string of the molecule is CC(NC(=O)CC(C)(C(=O)O)C(C)C)C(=O)N(C)C. The molecule has 2 unspecified atom stereocenters. The van der Waals surface area contributed by atoms with Crippen molar-refractivity contribution in [2.75, 3.05) is 14.1 Å². The zero-order valence-electron chi connectivity index (χ0n) is 12.5. The first-order valence-electron chi connectivity index (χ1n) is 6.26. The van der Waals surface area contributed by atoms with E-state index in [9.17, 15) is 19.5 Å². The Bertz CT molecular complexity index is 366. The summed E-state index contributed by atoms with van der Waals surface area (Å²) in [5.41, 5.74) is -1.13. The molecule has 0 fully saturated rings. The summed E-state index contributed by atoms with van der Waals surface area (Å²) < 4.78 is 0. The molecule has 0 radical (unpaired) electrons. The minimum atomic E-state index is -1.13. The molecule has 110 valence electrons. The number of carboxylic acid groups (broad SMARTS) is 1. The van der Waals surface area contributed by atoms with Crippen LogP contribution in [0.1, 0.15) is 34.1 Å². The van der Waals surface area contributed by atoms with Crippen LogP contribution in [-0.2, 0) is 14.4 Å². The summed E-state index contributed by atoms with van der Waals surface area (Å²) in [5, 5.41) is 11.8. The Morgan fingerprint density at radius 2 is 1.68 bits per heavy atom. The van der Waals surface area contributed by atoms with Crippen LogP contribution in [0, 0.1) is 11.3 Å². The fraction of sp³-hybridized carbons (Fsp3) is 0.769. The van der Waals surface area contributed by atoms with Gasteiger partial charge in [0, 0.05) is 20.5 Å². The van der Waals surface area contributed by atoms with Crippen LogP contribution in [0.2, 0.25) is 0 Å². The number of hydrogen-bond acceptors (Lipinski definition) is 3. The molecular weight excluding hydrogens is 248 g/mol. The van der Waals surface area contributed by atoms with E-state index in [1.807, 2.05) is 0 Å². The summed E-state index contributed by atoms with van der Waals surface area (Å²) >= 11 is 0. The summed E-state index contributed by atoms with van der Waals surface area (Å²) in [6.45, 7) is 6.64. The van der Waals surface area contributed by atoms with Gasteiger partial charge in [0.25, 0.3) is 0 Å². The molecule has 0 aromatic carbocycles. The number of aliphatic carboxylic acids is 1. The number of nitrogens with one attached hydrogen (secondary N) is 1. The van der Waals surface area contributed by atoms with Crippen LogP contribution in [0.25, 0.3) is 0 Å². The molecule has 0 aliphatic carbocycles. The van der Waals surface area contributed by atoms with Gasteiger partial charge in [-0.3, -0.25) is 14.4 Å². The lowest BCUT2D eigenvalue weighted by Gasteiger charge is -2.29. The number of likely N-dealkylation sites (N-methyl/N-ethyl adjacent to an activating group) is 1. The predicted molar refractivity (Wildman–Crippen MR) is 71.5 cm³/mol. The smallest absolute Gasteiger partial charge is 0.310 e. The summed E-state index contributed by atoms with van der Waals surface area (Å²) in [6, 6.07) is -0.660. The van der Waals surface area contributed by atoms with Crippen LogP contribution in [-0.4, -0.2) is 47.9 Å². The zero-order chi connectivity index (χ0) is 15.4. The molecule has 6 heteroatoms. The molecule has 0 aromatic heterocycles. The van der Waals surface area contributed by atoms with Crippen LogP contribution in [0.5, 0.6) is 0 Å². The molecule has 0 heterocycles. The highest BCUT2D eigenvalue weighted by atomic mass is 16.4. The molecule has 0 rings (SSSR count). The predicted octanol–water partition coefficient (Wildman–Crippen LogP) is 0.716. The molecular formula is C13H24N2O4. The molecule has 0 spiro atoms. The van der Waals surface area contributed by atoms with Gasteiger partial charge in [0.1, 0.15) is 6.04 Å². The third-order valence-electron chi connectivity index (χ3n) is 3.48. The monoisotopic (exact) mass is 272 g/mol. The van der Waals surface area contributed by atoms with Gasteiger partial charge in [-0.15, -0.1) is 0 Å². The van der Waals surface area contributed by atoms with Crippen LogP contribution in [0.15, 0.2) is 0 Å². The molecule has 2 atom stereocenters. The molecule has 0 saturated heterocycles. The van der Waals surface area contributed by atoms with Crippen molar-refractivity contribution in [1.29, 1.82) is 0 Å². The Hall–Kier alpha value is -1.59. The topological polar surface area (TPSA) is 86.7 Å². The van der Waals surface area contributed by atoms with Gasteiger partial charge >= 0.3 is 5.97 Å². The average Bonchev–Trinajstić information content (AvgIpc) is 2.26. The molecule has 2 N–H and O–H groups in total. The van der Waals surface area contributed by atoms with Crippen molar-refractivity contribution in [3.63, 3.8) is 0 Å². The summed E-state index contributed by atoms with van der Waals surface area (Å²) in [5.74, 6) is -1.85. The fourth-order valence-corrected chi connectivity index (χ4v) is 1.60. The first-order valence-corrected chi connectivity index (χ1v) is 6.26. The Labute approximate surface area is 114 Å². The van der Waals surface area contributed by atoms with Gasteiger partial charge in [-0.2, -0.15) is 0 Å². The molecule has 0 aromatic rings. The van der Waals surface area contributed by atoms with Gasteiger partial charge < -0.3 is 15.3 Å². The maximum Gasteiger partial charge on any atom is 0.310 e. The highest BCUT2D eigenvalue weighted by Crippen LogP contribution is 2.31. The average molecular weight is 272 g/mol. The highest BCUT2D eigenvalue weighted by molar-refractivity contribution is 5.89. The van der Waals surface area contributed by atoms with E-state index in [-0.39, 0.29) is 18.2 Å². The van der Waals surface area contributed by atoms with E-state index in [2.05, 4.69) is 5.32 Å². The number of carboxylic acids is 1. The maximum absolute atomic E-state index is 11.9. The van der Waals surface area contributed by atoms with Gasteiger partial charge in [0.05, 0.1) is 5.41 Å². The van der Waals surface area contributed by atoms with E-state index < -0.39 is 23.3 Å². The van der Waals surface area contributed by atoms with Crippen molar-refractivity contribution in [1.82, 2.24) is 10.2 Å². The van der Waals surface area contributed by atoms with Gasteiger partial charge in [-0.05, 0) is 19.8 Å². The number of carbonyl (C=O) groups excluding carboxylic acids is 2. The largest absolute Gasteiger partial charge is 0.481 e. The van der Waals surface area contributed by atoms with Crippen LogP contribution < -0.4 is 5.32 Å². The summed E-state index contributed by atoms with van der Waals surface area (Å²) in [7, 11) is 3.20. The molecule has 0 saturated carbocycles. The number of rotatable bonds is 6. The van der Waals surface area contributed by atoms with Crippen molar-refractivity contribution in [3.8, 4) is 0 Å².